The highest BCUT2D eigenvalue weighted by Crippen LogP contribution is 2.42. The van der Waals surface area contributed by atoms with E-state index in [1.807, 2.05) is 32.2 Å². The van der Waals surface area contributed by atoms with Crippen LogP contribution in [0.25, 0.3) is 26.6 Å². The zero-order chi connectivity index (χ0) is 22.1. The number of carbonyl (C=O) groups is 2. The normalized spacial score (nSPS) is 11.0. The molecule has 0 unspecified atom stereocenters. The molecule has 3 aromatic heterocycles. The second-order valence-electron chi connectivity index (χ2n) is 7.26. The Morgan fingerprint density at radius 3 is 2.61 bits per heavy atom. The molecular formula is C23H21N3O3S2. The molecule has 0 aliphatic carbocycles. The van der Waals surface area contributed by atoms with Crippen molar-refractivity contribution in [3.8, 4) is 26.6 Å². The smallest absolute Gasteiger partial charge is 0.303 e. The molecule has 3 N–H and O–H groups in total. The van der Waals surface area contributed by atoms with Crippen LogP contribution >= 0.6 is 22.7 Å². The molecule has 1 amide bonds. The third-order valence-electron chi connectivity index (χ3n) is 5.08. The molecular weight excluding hydrogens is 430 g/mol. The number of carboxylic acids is 1. The lowest BCUT2D eigenvalue weighted by molar-refractivity contribution is -0.136. The van der Waals surface area contributed by atoms with Crippen molar-refractivity contribution in [1.82, 2.24) is 9.55 Å². The fourth-order valence-corrected chi connectivity index (χ4v) is 5.63. The molecule has 0 atom stereocenters. The number of nitrogens with zero attached hydrogens (tertiary/aromatic N) is 2. The molecule has 31 heavy (non-hydrogen) atoms. The predicted molar refractivity (Wildman–Crippen MR) is 124 cm³/mol. The molecule has 0 spiro atoms. The molecule has 8 heteroatoms. The number of hydrogen-bond acceptors (Lipinski definition) is 5. The third-order valence-corrected chi connectivity index (χ3v) is 7.26. The van der Waals surface area contributed by atoms with Gasteiger partial charge in [0.2, 0.25) is 5.91 Å². The second kappa shape index (κ2) is 8.49. The van der Waals surface area contributed by atoms with Crippen molar-refractivity contribution >= 4 is 34.6 Å². The van der Waals surface area contributed by atoms with Gasteiger partial charge >= 0.3 is 5.97 Å². The minimum absolute atomic E-state index is 0.126. The number of benzene rings is 1. The molecule has 158 valence electrons. The van der Waals surface area contributed by atoms with Gasteiger partial charge in [0.15, 0.2) is 0 Å². The summed E-state index contributed by atoms with van der Waals surface area (Å²) in [5.41, 5.74) is 10.0. The summed E-state index contributed by atoms with van der Waals surface area (Å²) in [6.07, 6.45) is 4.36. The summed E-state index contributed by atoms with van der Waals surface area (Å²) in [6.45, 7) is 3.93. The van der Waals surface area contributed by atoms with Crippen LogP contribution in [-0.2, 0) is 11.2 Å². The summed E-state index contributed by atoms with van der Waals surface area (Å²) in [7, 11) is 0. The quantitative estimate of drug-likeness (QED) is 0.410. The highest BCUT2D eigenvalue weighted by atomic mass is 32.1. The number of carbonyl (C=O) groups excluding carboxylic acids is 1. The average Bonchev–Trinajstić information content (AvgIpc) is 3.45. The van der Waals surface area contributed by atoms with Gasteiger partial charge < -0.3 is 10.8 Å². The fraction of sp³-hybridized carbons (Fsp3) is 0.174. The zero-order valence-corrected chi connectivity index (χ0v) is 18.7. The minimum Gasteiger partial charge on any atom is -0.481 e. The molecule has 0 bridgehead atoms. The Balaban J connectivity index is 1.80. The summed E-state index contributed by atoms with van der Waals surface area (Å²) in [6, 6.07) is 9.71. The second-order valence-corrected chi connectivity index (χ2v) is 9.29. The molecule has 0 saturated heterocycles. The first-order valence-electron chi connectivity index (χ1n) is 9.68. The van der Waals surface area contributed by atoms with Crippen molar-refractivity contribution in [3.05, 3.63) is 69.9 Å². The molecule has 1 aromatic carbocycles. The molecule has 4 aromatic rings. The van der Waals surface area contributed by atoms with Crippen LogP contribution in [0.2, 0.25) is 0 Å². The van der Waals surface area contributed by atoms with Gasteiger partial charge in [0.25, 0.3) is 0 Å². The van der Waals surface area contributed by atoms with E-state index in [2.05, 4.69) is 27.1 Å². The van der Waals surface area contributed by atoms with E-state index in [0.717, 1.165) is 42.8 Å². The van der Waals surface area contributed by atoms with Gasteiger partial charge in [0.05, 0.1) is 6.42 Å². The van der Waals surface area contributed by atoms with Gasteiger partial charge in [-0.15, -0.1) is 22.7 Å². The number of amides is 1. The number of aryl methyl sites for hydroxylation is 3. The van der Waals surface area contributed by atoms with Crippen molar-refractivity contribution < 1.29 is 14.7 Å². The zero-order valence-electron chi connectivity index (χ0n) is 17.1. The van der Waals surface area contributed by atoms with Gasteiger partial charge in [-0.2, -0.15) is 0 Å². The van der Waals surface area contributed by atoms with Crippen LogP contribution in [0.5, 0.6) is 0 Å². The third kappa shape index (κ3) is 4.30. The maximum atomic E-state index is 11.6. The number of nitrogens with two attached hydrogens (primary N) is 1. The van der Waals surface area contributed by atoms with Crippen LogP contribution in [0.3, 0.4) is 0 Å². The molecule has 0 fully saturated rings. The number of thiophene rings is 2. The van der Waals surface area contributed by atoms with E-state index in [4.69, 9.17) is 10.8 Å². The maximum absolute atomic E-state index is 11.6. The Morgan fingerprint density at radius 1 is 1.16 bits per heavy atom. The number of carboxylic acid groups (broad SMARTS) is 1. The van der Waals surface area contributed by atoms with E-state index in [1.165, 1.54) is 0 Å². The summed E-state index contributed by atoms with van der Waals surface area (Å²) >= 11 is 3.24. The lowest BCUT2D eigenvalue weighted by Crippen LogP contribution is -2.11. The average molecular weight is 452 g/mol. The SMILES string of the molecule is Cc1cc(C(N)=O)ccc1-c1cc(-c2csc(CCC(=O)O)c2)sc1-n1ccnc1C. The van der Waals surface area contributed by atoms with E-state index in [0.29, 0.717) is 12.0 Å². The van der Waals surface area contributed by atoms with Crippen LogP contribution < -0.4 is 5.73 Å². The van der Waals surface area contributed by atoms with Crippen molar-refractivity contribution in [2.45, 2.75) is 26.7 Å². The lowest BCUT2D eigenvalue weighted by atomic mass is 9.99. The first-order valence-corrected chi connectivity index (χ1v) is 11.4. The van der Waals surface area contributed by atoms with Gasteiger partial charge in [-0.3, -0.25) is 14.2 Å². The van der Waals surface area contributed by atoms with Gasteiger partial charge in [-0.1, -0.05) is 6.07 Å². The van der Waals surface area contributed by atoms with Crippen molar-refractivity contribution in [2.75, 3.05) is 0 Å². The predicted octanol–water partition coefficient (Wildman–Crippen LogP) is 5.06. The maximum Gasteiger partial charge on any atom is 0.303 e. The van der Waals surface area contributed by atoms with Crippen LogP contribution in [0.4, 0.5) is 0 Å². The Morgan fingerprint density at radius 2 is 1.97 bits per heavy atom. The number of aromatic nitrogens is 2. The van der Waals surface area contributed by atoms with E-state index in [9.17, 15) is 9.59 Å². The molecule has 4 rings (SSSR count). The van der Waals surface area contributed by atoms with Crippen LogP contribution in [0, 0.1) is 13.8 Å². The summed E-state index contributed by atoms with van der Waals surface area (Å²) in [4.78, 5) is 29.0. The molecule has 0 aliphatic rings. The standard InChI is InChI=1S/C23H21N3O3S2/c1-13-9-15(22(24)29)3-5-18(13)19-11-20(31-23(19)26-8-7-25-14(26)2)16-10-17(30-12-16)4-6-21(27)28/h3,5,7-12H,4,6H2,1-2H3,(H2,24,29)(H,27,28). The molecule has 3 heterocycles. The van der Waals surface area contributed by atoms with Crippen LogP contribution in [0.15, 0.2) is 48.1 Å². The van der Waals surface area contributed by atoms with Crippen LogP contribution in [0.1, 0.15) is 33.0 Å². The Bertz CT molecular complexity index is 1280. The van der Waals surface area contributed by atoms with Crippen LogP contribution in [-0.4, -0.2) is 26.5 Å². The number of primary amides is 1. The van der Waals surface area contributed by atoms with E-state index < -0.39 is 11.9 Å². The fourth-order valence-electron chi connectivity index (χ4n) is 3.48. The van der Waals surface area contributed by atoms with Crippen molar-refractivity contribution in [3.63, 3.8) is 0 Å². The highest BCUT2D eigenvalue weighted by Gasteiger charge is 2.18. The molecule has 0 radical (unpaired) electrons. The van der Waals surface area contributed by atoms with Crippen molar-refractivity contribution in [2.24, 2.45) is 5.73 Å². The van der Waals surface area contributed by atoms with Gasteiger partial charge in [0.1, 0.15) is 10.8 Å². The topological polar surface area (TPSA) is 98.2 Å². The number of aliphatic carboxylic acids is 1. The minimum atomic E-state index is -0.791. The van der Waals surface area contributed by atoms with E-state index in [1.54, 1.807) is 34.9 Å². The first kappa shape index (κ1) is 21.0. The van der Waals surface area contributed by atoms with E-state index >= 15 is 0 Å². The van der Waals surface area contributed by atoms with Crippen molar-refractivity contribution in [1.29, 1.82) is 0 Å². The number of imidazole rings is 1. The Hall–Kier alpha value is -3.23. The Kier molecular flexibility index (Phi) is 5.75. The first-order chi connectivity index (χ1) is 14.8. The van der Waals surface area contributed by atoms with Gasteiger partial charge in [0, 0.05) is 38.8 Å². The van der Waals surface area contributed by atoms with Gasteiger partial charge in [-0.05, 0) is 61.0 Å². The molecule has 0 aliphatic heterocycles. The van der Waals surface area contributed by atoms with Gasteiger partial charge in [-0.25, -0.2) is 4.98 Å². The highest BCUT2D eigenvalue weighted by molar-refractivity contribution is 7.19. The lowest BCUT2D eigenvalue weighted by Gasteiger charge is -2.10. The monoisotopic (exact) mass is 451 g/mol. The number of hydrogen-bond donors (Lipinski definition) is 2. The summed E-state index contributed by atoms with van der Waals surface area (Å²) in [5, 5.41) is 12.1. The summed E-state index contributed by atoms with van der Waals surface area (Å²) in [5.74, 6) is -0.354. The van der Waals surface area contributed by atoms with E-state index in [-0.39, 0.29) is 6.42 Å². The Labute approximate surface area is 187 Å². The molecule has 0 saturated carbocycles. The summed E-state index contributed by atoms with van der Waals surface area (Å²) < 4.78 is 2.06. The number of rotatable bonds is 7. The largest absolute Gasteiger partial charge is 0.481 e. The molecule has 6 nitrogen and oxygen atoms in total.